The molecule has 0 radical (unpaired) electrons. The SMILES string of the molecule is O=C(NCc1ccncc1)c1csc(Nc2ccccn2)n1. The number of nitrogens with zero attached hydrogens (tertiary/aromatic N) is 3. The van der Waals surface area contributed by atoms with E-state index in [-0.39, 0.29) is 5.91 Å². The molecule has 6 nitrogen and oxygen atoms in total. The van der Waals surface area contributed by atoms with E-state index in [1.807, 2.05) is 30.3 Å². The Hall–Kier alpha value is -2.80. The van der Waals surface area contributed by atoms with Gasteiger partial charge in [0.15, 0.2) is 5.13 Å². The van der Waals surface area contributed by atoms with Crippen molar-refractivity contribution in [1.29, 1.82) is 0 Å². The lowest BCUT2D eigenvalue weighted by molar-refractivity contribution is 0.0946. The average Bonchev–Trinajstić information content (AvgIpc) is 3.03. The molecule has 2 N–H and O–H groups in total. The van der Waals surface area contributed by atoms with Crippen molar-refractivity contribution in [1.82, 2.24) is 20.3 Å². The third kappa shape index (κ3) is 3.64. The molecule has 22 heavy (non-hydrogen) atoms. The van der Waals surface area contributed by atoms with Gasteiger partial charge in [-0.25, -0.2) is 9.97 Å². The van der Waals surface area contributed by atoms with E-state index in [2.05, 4.69) is 25.6 Å². The molecule has 0 fully saturated rings. The van der Waals surface area contributed by atoms with Gasteiger partial charge in [-0.1, -0.05) is 6.07 Å². The molecule has 0 atom stereocenters. The number of pyridine rings is 2. The van der Waals surface area contributed by atoms with Crippen molar-refractivity contribution < 1.29 is 4.79 Å². The molecule has 0 aromatic carbocycles. The lowest BCUT2D eigenvalue weighted by Gasteiger charge is -2.03. The molecule has 7 heteroatoms. The Labute approximate surface area is 131 Å². The first-order chi connectivity index (χ1) is 10.8. The Morgan fingerprint density at radius 3 is 2.77 bits per heavy atom. The molecule has 3 rings (SSSR count). The first kappa shape index (κ1) is 14.2. The predicted octanol–water partition coefficient (Wildman–Crippen LogP) is 2.61. The van der Waals surface area contributed by atoms with E-state index in [1.165, 1.54) is 11.3 Å². The van der Waals surface area contributed by atoms with Crippen LogP contribution in [0.2, 0.25) is 0 Å². The highest BCUT2D eigenvalue weighted by Gasteiger charge is 2.10. The van der Waals surface area contributed by atoms with Crippen LogP contribution in [0.3, 0.4) is 0 Å². The van der Waals surface area contributed by atoms with Crippen LogP contribution in [0.5, 0.6) is 0 Å². The molecule has 0 aliphatic heterocycles. The fourth-order valence-electron chi connectivity index (χ4n) is 1.76. The van der Waals surface area contributed by atoms with Gasteiger partial charge in [0.25, 0.3) is 5.91 Å². The van der Waals surface area contributed by atoms with Gasteiger partial charge in [0.05, 0.1) is 0 Å². The second kappa shape index (κ2) is 6.77. The lowest BCUT2D eigenvalue weighted by atomic mass is 10.2. The minimum Gasteiger partial charge on any atom is -0.347 e. The van der Waals surface area contributed by atoms with E-state index >= 15 is 0 Å². The average molecular weight is 311 g/mol. The minimum absolute atomic E-state index is 0.206. The maximum Gasteiger partial charge on any atom is 0.271 e. The summed E-state index contributed by atoms with van der Waals surface area (Å²) in [6.07, 6.45) is 5.08. The van der Waals surface area contributed by atoms with Crippen LogP contribution in [-0.4, -0.2) is 20.9 Å². The zero-order valence-corrected chi connectivity index (χ0v) is 12.4. The van der Waals surface area contributed by atoms with Gasteiger partial charge in [0, 0.05) is 30.5 Å². The van der Waals surface area contributed by atoms with E-state index < -0.39 is 0 Å². The number of anilines is 2. The summed E-state index contributed by atoms with van der Waals surface area (Å²) in [5, 5.41) is 8.24. The highest BCUT2D eigenvalue weighted by atomic mass is 32.1. The van der Waals surface area contributed by atoms with E-state index in [9.17, 15) is 4.79 Å². The number of nitrogens with one attached hydrogen (secondary N) is 2. The Morgan fingerprint density at radius 1 is 1.14 bits per heavy atom. The number of aromatic nitrogens is 3. The molecule has 3 heterocycles. The molecule has 3 aromatic heterocycles. The van der Waals surface area contributed by atoms with Crippen molar-refractivity contribution in [2.24, 2.45) is 0 Å². The van der Waals surface area contributed by atoms with Gasteiger partial charge in [-0.2, -0.15) is 0 Å². The second-order valence-electron chi connectivity index (χ2n) is 4.42. The van der Waals surface area contributed by atoms with Crippen LogP contribution >= 0.6 is 11.3 Å². The molecule has 110 valence electrons. The van der Waals surface area contributed by atoms with E-state index in [0.29, 0.717) is 23.2 Å². The highest BCUT2D eigenvalue weighted by molar-refractivity contribution is 7.14. The van der Waals surface area contributed by atoms with Crippen LogP contribution in [0, 0.1) is 0 Å². The minimum atomic E-state index is -0.206. The summed E-state index contributed by atoms with van der Waals surface area (Å²) in [7, 11) is 0. The van der Waals surface area contributed by atoms with Gasteiger partial charge in [-0.05, 0) is 29.8 Å². The maximum absolute atomic E-state index is 12.1. The smallest absolute Gasteiger partial charge is 0.271 e. The van der Waals surface area contributed by atoms with Crippen molar-refractivity contribution in [2.45, 2.75) is 6.54 Å². The summed E-state index contributed by atoms with van der Waals surface area (Å²) in [4.78, 5) is 24.4. The molecular formula is C15H13N5OS. The number of hydrogen-bond donors (Lipinski definition) is 2. The summed E-state index contributed by atoms with van der Waals surface area (Å²) in [6.45, 7) is 0.446. The normalized spacial score (nSPS) is 10.2. The molecule has 0 aliphatic carbocycles. The zero-order valence-electron chi connectivity index (χ0n) is 11.6. The summed E-state index contributed by atoms with van der Waals surface area (Å²) in [5.74, 6) is 0.489. The molecule has 3 aromatic rings. The van der Waals surface area contributed by atoms with E-state index in [0.717, 1.165) is 5.56 Å². The molecule has 0 saturated heterocycles. The monoisotopic (exact) mass is 311 g/mol. The Balaban J connectivity index is 1.60. The first-order valence-electron chi connectivity index (χ1n) is 6.62. The number of hydrogen-bond acceptors (Lipinski definition) is 6. The maximum atomic E-state index is 12.1. The van der Waals surface area contributed by atoms with E-state index in [4.69, 9.17) is 0 Å². The molecule has 1 amide bonds. The van der Waals surface area contributed by atoms with Crippen LogP contribution < -0.4 is 10.6 Å². The van der Waals surface area contributed by atoms with Crippen molar-refractivity contribution in [3.8, 4) is 0 Å². The van der Waals surface area contributed by atoms with Crippen LogP contribution in [0.4, 0.5) is 10.9 Å². The molecule has 0 aliphatic rings. The number of carbonyl (C=O) groups excluding carboxylic acids is 1. The summed E-state index contributed by atoms with van der Waals surface area (Å²) < 4.78 is 0. The third-order valence-corrected chi connectivity index (χ3v) is 3.60. The fourth-order valence-corrected chi connectivity index (χ4v) is 2.45. The molecule has 0 bridgehead atoms. The molecular weight excluding hydrogens is 298 g/mol. The van der Waals surface area contributed by atoms with Gasteiger partial charge in [0.1, 0.15) is 11.5 Å². The quantitative estimate of drug-likeness (QED) is 0.757. The number of thiazole rings is 1. The zero-order chi connectivity index (χ0) is 15.2. The fraction of sp³-hybridized carbons (Fsp3) is 0.0667. The highest BCUT2D eigenvalue weighted by Crippen LogP contribution is 2.19. The summed E-state index contributed by atoms with van der Waals surface area (Å²) >= 11 is 1.36. The largest absolute Gasteiger partial charge is 0.347 e. The molecule has 0 saturated carbocycles. The third-order valence-electron chi connectivity index (χ3n) is 2.84. The Kier molecular flexibility index (Phi) is 4.35. The lowest BCUT2D eigenvalue weighted by Crippen LogP contribution is -2.23. The molecule has 0 unspecified atom stereocenters. The van der Waals surface area contributed by atoms with Gasteiger partial charge in [-0.3, -0.25) is 9.78 Å². The van der Waals surface area contributed by atoms with Crippen LogP contribution in [0.15, 0.2) is 54.3 Å². The van der Waals surface area contributed by atoms with E-state index in [1.54, 1.807) is 24.0 Å². The molecule has 0 spiro atoms. The van der Waals surface area contributed by atoms with Crippen molar-refractivity contribution in [3.63, 3.8) is 0 Å². The van der Waals surface area contributed by atoms with Gasteiger partial charge < -0.3 is 10.6 Å². The standard InChI is InChI=1S/C15H13N5OS/c21-14(18-9-11-4-7-16-8-5-11)12-10-22-15(19-12)20-13-3-1-2-6-17-13/h1-8,10H,9H2,(H,18,21)(H,17,19,20). The van der Waals surface area contributed by atoms with Crippen molar-refractivity contribution in [2.75, 3.05) is 5.32 Å². The van der Waals surface area contributed by atoms with Gasteiger partial charge >= 0.3 is 0 Å². The number of amides is 1. The predicted molar refractivity (Wildman–Crippen MR) is 85.0 cm³/mol. The van der Waals surface area contributed by atoms with Crippen molar-refractivity contribution in [3.05, 3.63) is 65.6 Å². The van der Waals surface area contributed by atoms with Crippen LogP contribution in [0.1, 0.15) is 16.1 Å². The number of rotatable bonds is 5. The Morgan fingerprint density at radius 2 is 2.00 bits per heavy atom. The topological polar surface area (TPSA) is 79.8 Å². The Bertz CT molecular complexity index is 745. The van der Waals surface area contributed by atoms with Crippen LogP contribution in [-0.2, 0) is 6.54 Å². The van der Waals surface area contributed by atoms with Gasteiger partial charge in [-0.15, -0.1) is 11.3 Å². The van der Waals surface area contributed by atoms with Crippen LogP contribution in [0.25, 0.3) is 0 Å². The van der Waals surface area contributed by atoms with Gasteiger partial charge in [0.2, 0.25) is 0 Å². The number of carbonyl (C=O) groups is 1. The first-order valence-corrected chi connectivity index (χ1v) is 7.50. The second-order valence-corrected chi connectivity index (χ2v) is 5.27. The summed E-state index contributed by atoms with van der Waals surface area (Å²) in [5.41, 5.74) is 1.38. The summed E-state index contributed by atoms with van der Waals surface area (Å²) in [6, 6.07) is 9.27. The van der Waals surface area contributed by atoms with Crippen molar-refractivity contribution >= 4 is 28.2 Å².